The fraction of sp³-hybridized carbons (Fsp3) is 0.353. The number of aliphatic hydroxyl groups is 3. The molecule has 27 heavy (non-hydrogen) atoms. The van der Waals surface area contributed by atoms with Gasteiger partial charge in [0.1, 0.15) is 24.6 Å². The minimum Gasteiger partial charge on any atom is -0.394 e. The molecule has 2 aromatic rings. The maximum Gasteiger partial charge on any atom is 0.167 e. The third kappa shape index (κ3) is 3.89. The number of nitrogens with zero attached hydrogens (tertiary/aromatic N) is 4. The van der Waals surface area contributed by atoms with Gasteiger partial charge < -0.3 is 25.4 Å². The first-order valence-electron chi connectivity index (χ1n) is 8.23. The number of imidazole rings is 1. The minimum atomic E-state index is -1.21. The highest BCUT2D eigenvalue weighted by Gasteiger charge is 2.44. The van der Waals surface area contributed by atoms with Crippen LogP contribution in [-0.4, -0.2) is 66.3 Å². The molecule has 1 aliphatic rings. The fourth-order valence-electron chi connectivity index (χ4n) is 2.83. The predicted octanol–water partition coefficient (Wildman–Crippen LogP) is 0.796. The number of nitrogens with one attached hydrogen (secondary N) is 1. The van der Waals surface area contributed by atoms with E-state index in [1.165, 1.54) is 29.0 Å². The number of allylic oxidation sites excluding steroid dienone is 2. The van der Waals surface area contributed by atoms with E-state index in [1.807, 2.05) is 6.08 Å². The van der Waals surface area contributed by atoms with Gasteiger partial charge >= 0.3 is 0 Å². The Kier molecular flexibility index (Phi) is 6.24. The number of hydrogen-bond donors (Lipinski definition) is 4. The lowest BCUT2D eigenvalue weighted by Crippen LogP contribution is -2.33. The number of fused-ring (bicyclic) bond motifs is 1. The number of ether oxygens (including phenoxy) is 1. The van der Waals surface area contributed by atoms with Crippen molar-refractivity contribution in [1.82, 2.24) is 19.5 Å². The highest BCUT2D eigenvalue weighted by Crippen LogP contribution is 2.32. The highest BCUT2D eigenvalue weighted by molar-refractivity contribution is 8.05. The summed E-state index contributed by atoms with van der Waals surface area (Å²) in [4.78, 5) is 13.8. The molecule has 9 nitrogen and oxygen atoms in total. The molecule has 0 bridgehead atoms. The van der Waals surface area contributed by atoms with Gasteiger partial charge in [0.25, 0.3) is 0 Å². The normalized spacial score (nSPS) is 25.7. The summed E-state index contributed by atoms with van der Waals surface area (Å²) in [6, 6.07) is 0. The van der Waals surface area contributed by atoms with E-state index >= 15 is 0 Å². The molecule has 1 aliphatic heterocycles. The van der Waals surface area contributed by atoms with Crippen molar-refractivity contribution >= 4 is 28.7 Å². The molecule has 0 aliphatic carbocycles. The molecule has 4 N–H and O–H groups in total. The monoisotopic (exact) mass is 391 g/mol. The first-order chi connectivity index (χ1) is 13.1. The van der Waals surface area contributed by atoms with Crippen LogP contribution in [0.4, 0.5) is 5.82 Å². The molecule has 0 radical (unpaired) electrons. The first-order valence-corrected chi connectivity index (χ1v) is 9.11. The molecule has 4 unspecified atom stereocenters. The third-order valence-electron chi connectivity index (χ3n) is 4.12. The van der Waals surface area contributed by atoms with Crippen molar-refractivity contribution in [2.24, 2.45) is 0 Å². The molecule has 0 amide bonds. The summed E-state index contributed by atoms with van der Waals surface area (Å²) in [5.74, 6) is 0.519. The largest absolute Gasteiger partial charge is 0.394 e. The van der Waals surface area contributed by atoms with Crippen LogP contribution in [0.3, 0.4) is 0 Å². The SMILES string of the molecule is C=C/C=C(/CNc1ncnc2c1ncn2C1OC(CO)C(O)C1O)SC=C. The van der Waals surface area contributed by atoms with Crippen LogP contribution in [0.15, 0.2) is 48.3 Å². The molecule has 1 saturated heterocycles. The summed E-state index contributed by atoms with van der Waals surface area (Å²) in [6.45, 7) is 7.49. The minimum absolute atomic E-state index is 0.400. The number of aromatic nitrogens is 4. The maximum atomic E-state index is 10.2. The van der Waals surface area contributed by atoms with Crippen LogP contribution in [0.25, 0.3) is 11.2 Å². The lowest BCUT2D eigenvalue weighted by molar-refractivity contribution is -0.0511. The summed E-state index contributed by atoms with van der Waals surface area (Å²) in [5, 5.41) is 34.4. The van der Waals surface area contributed by atoms with Crippen molar-refractivity contribution in [3.8, 4) is 0 Å². The van der Waals surface area contributed by atoms with E-state index < -0.39 is 31.1 Å². The number of hydrogen-bond acceptors (Lipinski definition) is 9. The van der Waals surface area contributed by atoms with Crippen molar-refractivity contribution < 1.29 is 20.1 Å². The Hall–Kier alpha value is -2.24. The zero-order valence-corrected chi connectivity index (χ0v) is 15.3. The Bertz CT molecular complexity index is 855. The van der Waals surface area contributed by atoms with Gasteiger partial charge in [-0.3, -0.25) is 4.57 Å². The number of anilines is 1. The zero-order chi connectivity index (χ0) is 19.4. The van der Waals surface area contributed by atoms with E-state index in [4.69, 9.17) is 4.74 Å². The molecule has 144 valence electrons. The molecule has 3 heterocycles. The first kappa shape index (κ1) is 19.5. The summed E-state index contributed by atoms with van der Waals surface area (Å²) in [7, 11) is 0. The van der Waals surface area contributed by atoms with E-state index in [9.17, 15) is 15.3 Å². The van der Waals surface area contributed by atoms with Crippen LogP contribution in [0, 0.1) is 0 Å². The average molecular weight is 391 g/mol. The summed E-state index contributed by atoms with van der Waals surface area (Å²) < 4.78 is 7.07. The molecule has 10 heteroatoms. The van der Waals surface area contributed by atoms with Crippen LogP contribution in [-0.2, 0) is 4.74 Å². The van der Waals surface area contributed by atoms with Gasteiger partial charge in [0, 0.05) is 11.4 Å². The Morgan fingerprint density at radius 1 is 1.30 bits per heavy atom. The lowest BCUT2D eigenvalue weighted by atomic mass is 10.1. The Labute approximate surface area is 160 Å². The van der Waals surface area contributed by atoms with Crippen LogP contribution >= 0.6 is 11.8 Å². The van der Waals surface area contributed by atoms with Gasteiger partial charge in [-0.1, -0.05) is 25.3 Å². The molecular formula is C17H21N5O4S. The molecule has 0 spiro atoms. The van der Waals surface area contributed by atoms with Gasteiger partial charge in [0.2, 0.25) is 0 Å². The van der Waals surface area contributed by atoms with Gasteiger partial charge in [-0.15, -0.1) is 11.8 Å². The second-order valence-corrected chi connectivity index (χ2v) is 6.88. The van der Waals surface area contributed by atoms with E-state index in [2.05, 4.69) is 33.4 Å². The molecule has 0 saturated carbocycles. The Balaban J connectivity index is 1.86. The third-order valence-corrected chi connectivity index (χ3v) is 4.87. The van der Waals surface area contributed by atoms with Crippen molar-refractivity contribution in [3.63, 3.8) is 0 Å². The van der Waals surface area contributed by atoms with E-state index in [-0.39, 0.29) is 0 Å². The van der Waals surface area contributed by atoms with Crippen molar-refractivity contribution in [2.75, 3.05) is 18.5 Å². The van der Waals surface area contributed by atoms with Crippen molar-refractivity contribution in [1.29, 1.82) is 0 Å². The molecule has 2 aromatic heterocycles. The number of aliphatic hydroxyl groups excluding tert-OH is 3. The smallest absolute Gasteiger partial charge is 0.167 e. The number of thioether (sulfide) groups is 1. The van der Waals surface area contributed by atoms with Gasteiger partial charge in [-0.05, 0) is 5.41 Å². The average Bonchev–Trinajstić information content (AvgIpc) is 3.22. The topological polar surface area (TPSA) is 126 Å². The fourth-order valence-corrected chi connectivity index (χ4v) is 3.37. The summed E-state index contributed by atoms with van der Waals surface area (Å²) in [5.41, 5.74) is 0.935. The molecule has 3 rings (SSSR count). The van der Waals surface area contributed by atoms with Crippen LogP contribution in [0.2, 0.25) is 0 Å². The summed E-state index contributed by atoms with van der Waals surface area (Å²) in [6.07, 6.45) is 2.22. The zero-order valence-electron chi connectivity index (χ0n) is 14.5. The van der Waals surface area contributed by atoms with Gasteiger partial charge in [-0.2, -0.15) is 0 Å². The van der Waals surface area contributed by atoms with Crippen LogP contribution in [0.1, 0.15) is 6.23 Å². The molecule has 4 atom stereocenters. The Morgan fingerprint density at radius 3 is 2.78 bits per heavy atom. The number of rotatable bonds is 8. The maximum absolute atomic E-state index is 10.2. The molecular weight excluding hydrogens is 370 g/mol. The predicted molar refractivity (Wildman–Crippen MR) is 103 cm³/mol. The van der Waals surface area contributed by atoms with E-state index in [0.717, 1.165) is 4.91 Å². The summed E-state index contributed by atoms with van der Waals surface area (Å²) >= 11 is 1.47. The van der Waals surface area contributed by atoms with Crippen LogP contribution in [0.5, 0.6) is 0 Å². The standard InChI is InChI=1S/C17H21N5O4S/c1-3-5-10(27-4-2)6-18-15-12-16(20-8-19-15)22(9-21-12)17-14(25)13(24)11(7-23)26-17/h3-5,8-9,11,13-14,17,23-25H,1-2,6-7H2,(H,18,19,20)/b10-5-. The molecule has 1 fully saturated rings. The van der Waals surface area contributed by atoms with E-state index in [1.54, 1.807) is 11.5 Å². The second-order valence-electron chi connectivity index (χ2n) is 5.78. The quantitative estimate of drug-likeness (QED) is 0.483. The van der Waals surface area contributed by atoms with Crippen molar-refractivity contribution in [2.45, 2.75) is 24.5 Å². The van der Waals surface area contributed by atoms with Gasteiger partial charge in [0.05, 0.1) is 12.9 Å². The molecule has 0 aromatic carbocycles. The highest BCUT2D eigenvalue weighted by atomic mass is 32.2. The van der Waals surface area contributed by atoms with Gasteiger partial charge in [-0.25, -0.2) is 15.0 Å². The van der Waals surface area contributed by atoms with E-state index in [0.29, 0.717) is 23.5 Å². The second kappa shape index (κ2) is 8.63. The van der Waals surface area contributed by atoms with Crippen molar-refractivity contribution in [3.05, 3.63) is 48.3 Å². The van der Waals surface area contributed by atoms with Crippen LogP contribution < -0.4 is 5.32 Å². The lowest BCUT2D eigenvalue weighted by Gasteiger charge is -2.16. The Morgan fingerprint density at radius 2 is 2.11 bits per heavy atom. The van der Waals surface area contributed by atoms with Gasteiger partial charge in [0.15, 0.2) is 23.2 Å².